The van der Waals surface area contributed by atoms with Crippen molar-refractivity contribution >= 4 is 15.6 Å². The van der Waals surface area contributed by atoms with Crippen LogP contribution < -0.4 is 0 Å². The molecule has 0 radical (unpaired) electrons. The number of allylic oxidation sites excluding steroid dienone is 3. The Kier molecular flexibility index (Phi) is 4.12. The fourth-order valence-corrected chi connectivity index (χ4v) is 2.35. The molecule has 0 saturated carbocycles. The molecule has 0 fully saturated rings. The van der Waals surface area contributed by atoms with Gasteiger partial charge >= 0.3 is 15.6 Å². The third-order valence-electron chi connectivity index (χ3n) is 1.64. The smallest absolute Gasteiger partial charge is 0.302 e. The van der Waals surface area contributed by atoms with Crippen LogP contribution in [0, 0.1) is 0 Å². The minimum Gasteiger partial charge on any atom is -0.302 e. The molecule has 0 aliphatic carbocycles. The molecule has 0 aromatic rings. The van der Waals surface area contributed by atoms with Gasteiger partial charge in [0.1, 0.15) is 0 Å². The molecule has 2 unspecified atom stereocenters. The van der Waals surface area contributed by atoms with E-state index in [1.165, 1.54) is 6.92 Å². The maximum Gasteiger partial charge on any atom is 0.481 e. The van der Waals surface area contributed by atoms with Crippen LogP contribution in [0.15, 0.2) is 23.3 Å². The summed E-state index contributed by atoms with van der Waals surface area (Å²) < 4.78 is 80.3. The highest BCUT2D eigenvalue weighted by molar-refractivity contribution is 7.60. The van der Waals surface area contributed by atoms with Crippen molar-refractivity contribution in [1.82, 2.24) is 0 Å². The third kappa shape index (κ3) is 12.5. The van der Waals surface area contributed by atoms with E-state index in [0.29, 0.717) is 5.57 Å². The molecule has 0 rings (SSSR count). The summed E-state index contributed by atoms with van der Waals surface area (Å²) in [5.74, 6) is 0. The molecule has 0 aromatic heterocycles. The molecule has 9 heteroatoms. The van der Waals surface area contributed by atoms with Crippen LogP contribution >= 0.6 is 15.6 Å². The first kappa shape index (κ1) is 9.64. The van der Waals surface area contributed by atoms with Crippen molar-refractivity contribution in [2.75, 3.05) is 6.58 Å². The van der Waals surface area contributed by atoms with E-state index < -0.39 is 41.5 Å². The summed E-state index contributed by atoms with van der Waals surface area (Å²) >= 11 is 0. The largest absolute Gasteiger partial charge is 0.481 e. The van der Waals surface area contributed by atoms with Gasteiger partial charge in [-0.3, -0.25) is 4.52 Å². The SMILES string of the molecule is [2H]C([2H])([2H])C(=CCC/C(C)=C/C([3H])OP(=O)(O)OP(=O)(O)O)C([2H])([2H])[2H]. The zero-order valence-electron chi connectivity index (χ0n) is 17.0. The monoisotopic (exact) mass is 322 g/mol. The minimum absolute atomic E-state index is 0.0108. The third-order valence-corrected chi connectivity index (χ3v) is 3.71. The molecule has 0 saturated heterocycles. The second-order valence-electron chi connectivity index (χ2n) is 3.45. The van der Waals surface area contributed by atoms with Gasteiger partial charge in [0, 0.05) is 8.22 Å². The van der Waals surface area contributed by atoms with Crippen molar-refractivity contribution in [3.05, 3.63) is 23.3 Å². The fraction of sp³-hybridized carbons (Fsp3) is 0.600. The lowest BCUT2D eigenvalue weighted by molar-refractivity contribution is 0.191. The summed E-state index contributed by atoms with van der Waals surface area (Å²) in [7, 11) is -10.5. The Balaban J connectivity index is 4.91. The zero-order valence-corrected chi connectivity index (χ0v) is 11.8. The highest BCUT2D eigenvalue weighted by Gasteiger charge is 2.31. The van der Waals surface area contributed by atoms with Crippen LogP contribution in [0.4, 0.5) is 0 Å². The lowest BCUT2D eigenvalue weighted by Crippen LogP contribution is -1.94. The maximum absolute atomic E-state index is 11.3. The van der Waals surface area contributed by atoms with Gasteiger partial charge in [-0.2, -0.15) is 4.31 Å². The number of rotatable bonds is 8. The van der Waals surface area contributed by atoms with Crippen LogP contribution in [0.2, 0.25) is 0 Å². The molecular weight excluding hydrogens is 294 g/mol. The van der Waals surface area contributed by atoms with Crippen LogP contribution in [0.5, 0.6) is 0 Å². The van der Waals surface area contributed by atoms with E-state index in [0.717, 1.165) is 12.2 Å². The first-order valence-corrected chi connectivity index (χ1v) is 7.95. The first-order chi connectivity index (χ1) is 11.3. The van der Waals surface area contributed by atoms with E-state index in [1.807, 2.05) is 0 Å². The second-order valence-corrected chi connectivity index (χ2v) is 6.23. The Morgan fingerprint density at radius 1 is 1.37 bits per heavy atom. The van der Waals surface area contributed by atoms with E-state index in [4.69, 9.17) is 24.3 Å². The lowest BCUT2D eigenvalue weighted by atomic mass is 10.1. The van der Waals surface area contributed by atoms with Crippen molar-refractivity contribution in [3.8, 4) is 0 Å². The van der Waals surface area contributed by atoms with Crippen molar-refractivity contribution in [3.63, 3.8) is 0 Å². The Bertz CT molecular complexity index is 619. The molecule has 112 valence electrons. The maximum atomic E-state index is 11.3. The van der Waals surface area contributed by atoms with Crippen LogP contribution in [0.3, 0.4) is 0 Å². The molecular formula is C10H20O7P2. The normalized spacial score (nSPS) is 24.4. The molecule has 0 aliphatic rings. The predicted octanol–water partition coefficient (Wildman–Crippen LogP) is 2.91. The summed E-state index contributed by atoms with van der Waals surface area (Å²) in [6, 6.07) is 0. The molecule has 19 heavy (non-hydrogen) atoms. The van der Waals surface area contributed by atoms with Gasteiger partial charge in [0.25, 0.3) is 0 Å². The van der Waals surface area contributed by atoms with E-state index >= 15 is 0 Å². The van der Waals surface area contributed by atoms with Gasteiger partial charge in [0.15, 0.2) is 0 Å². The van der Waals surface area contributed by atoms with E-state index in [9.17, 15) is 9.13 Å². The average molecular weight is 322 g/mol. The van der Waals surface area contributed by atoms with Gasteiger partial charge in [-0.1, -0.05) is 23.3 Å². The molecule has 0 spiro atoms. The highest BCUT2D eigenvalue weighted by atomic mass is 31.3. The van der Waals surface area contributed by atoms with E-state index in [2.05, 4.69) is 8.83 Å². The van der Waals surface area contributed by atoms with Gasteiger partial charge in [-0.15, -0.1) is 0 Å². The predicted molar refractivity (Wildman–Crippen MR) is 71.3 cm³/mol. The molecule has 0 heterocycles. The van der Waals surface area contributed by atoms with Crippen LogP contribution in [0.1, 0.15) is 43.1 Å². The average Bonchev–Trinajstić information content (AvgIpc) is 2.26. The summed E-state index contributed by atoms with van der Waals surface area (Å²) in [6.07, 6.45) is 2.19. The standard InChI is InChI=1S/C10H20O7P2/c1-9(2)5-4-6-10(3)7-8-16-19(14,15)17-18(11,12)13/h5,7H,4,6,8H2,1-3H3,(H,14,15)(H2,11,12,13)/b10-7+/i1D3,2D3,8T. The van der Waals surface area contributed by atoms with Crippen LogP contribution in [0.25, 0.3) is 0 Å². The summed E-state index contributed by atoms with van der Waals surface area (Å²) in [5, 5.41) is 0. The van der Waals surface area contributed by atoms with Gasteiger partial charge in [-0.25, -0.2) is 9.13 Å². The van der Waals surface area contributed by atoms with Crippen LogP contribution in [-0.4, -0.2) is 21.3 Å². The second kappa shape index (κ2) is 8.12. The Morgan fingerprint density at radius 2 is 2.00 bits per heavy atom. The number of phosphoric acid groups is 2. The van der Waals surface area contributed by atoms with Crippen molar-refractivity contribution in [2.45, 2.75) is 33.5 Å². The quantitative estimate of drug-likeness (QED) is 0.465. The molecule has 0 amide bonds. The topological polar surface area (TPSA) is 113 Å². The fourth-order valence-electron chi connectivity index (χ4n) is 0.905. The molecule has 3 N–H and O–H groups in total. The van der Waals surface area contributed by atoms with Crippen LogP contribution in [-0.2, 0) is 18.0 Å². The van der Waals surface area contributed by atoms with Gasteiger partial charge in [0.05, 0.1) is 7.95 Å². The zero-order chi connectivity index (χ0) is 21.0. The molecule has 0 aliphatic heterocycles. The Hall–Kier alpha value is -0.260. The van der Waals surface area contributed by atoms with E-state index in [1.54, 1.807) is 0 Å². The lowest BCUT2D eigenvalue weighted by Gasteiger charge is -2.11. The summed E-state index contributed by atoms with van der Waals surface area (Å²) in [4.78, 5) is 26.0. The molecule has 7 nitrogen and oxygen atoms in total. The van der Waals surface area contributed by atoms with Crippen molar-refractivity contribution in [1.29, 1.82) is 0 Å². The molecule has 2 atom stereocenters. The summed E-state index contributed by atoms with van der Waals surface area (Å²) in [5.41, 5.74) is -0.306. The highest BCUT2D eigenvalue weighted by Crippen LogP contribution is 2.57. The minimum atomic E-state index is -5.29. The van der Waals surface area contributed by atoms with Gasteiger partial charge in [0.2, 0.25) is 0 Å². The molecule has 0 bridgehead atoms. The Labute approximate surface area is 122 Å². The number of hydrogen-bond donors (Lipinski definition) is 3. The number of hydrogen-bond acceptors (Lipinski definition) is 4. The summed E-state index contributed by atoms with van der Waals surface area (Å²) in [6.45, 7) is -5.90. The first-order valence-electron chi connectivity index (χ1n) is 8.50. The Morgan fingerprint density at radius 3 is 2.53 bits per heavy atom. The number of phosphoric ester groups is 1. The van der Waals surface area contributed by atoms with E-state index in [-0.39, 0.29) is 12.8 Å². The van der Waals surface area contributed by atoms with Crippen molar-refractivity contribution in [2.24, 2.45) is 0 Å². The van der Waals surface area contributed by atoms with Gasteiger partial charge < -0.3 is 14.7 Å². The van der Waals surface area contributed by atoms with Crippen molar-refractivity contribution < 1.29 is 42.2 Å². The molecule has 0 aromatic carbocycles. The van der Waals surface area contributed by atoms with Gasteiger partial charge in [-0.05, 0) is 33.5 Å².